The maximum atomic E-state index is 10.5. The summed E-state index contributed by atoms with van der Waals surface area (Å²) in [4.78, 5) is 14.8. The zero-order chi connectivity index (χ0) is 12.3. The van der Waals surface area contributed by atoms with Gasteiger partial charge < -0.3 is 5.11 Å². The number of carboxylic acids is 1. The van der Waals surface area contributed by atoms with Crippen molar-refractivity contribution in [1.82, 2.24) is 14.8 Å². The van der Waals surface area contributed by atoms with Crippen molar-refractivity contribution in [3.05, 3.63) is 36.2 Å². The molecular formula is C12H13N3O2. The summed E-state index contributed by atoms with van der Waals surface area (Å²) in [6.45, 7) is 0. The first kappa shape index (κ1) is 11.3. The van der Waals surface area contributed by atoms with Gasteiger partial charge in [0.1, 0.15) is 0 Å². The first-order valence-corrected chi connectivity index (χ1v) is 5.34. The highest BCUT2D eigenvalue weighted by atomic mass is 16.4. The molecule has 1 heterocycles. The molecule has 0 aliphatic heterocycles. The maximum Gasteiger partial charge on any atom is 0.303 e. The number of carboxylic acid groups (broad SMARTS) is 1. The van der Waals surface area contributed by atoms with Gasteiger partial charge in [-0.15, -0.1) is 0 Å². The molecule has 1 N–H and O–H groups in total. The summed E-state index contributed by atoms with van der Waals surface area (Å²) in [6.07, 6.45) is 0.411. The van der Waals surface area contributed by atoms with Crippen molar-refractivity contribution >= 4 is 5.97 Å². The number of hydrogen-bond acceptors (Lipinski definition) is 3. The highest BCUT2D eigenvalue weighted by Gasteiger charge is 2.09. The van der Waals surface area contributed by atoms with E-state index in [9.17, 15) is 4.79 Å². The van der Waals surface area contributed by atoms with Gasteiger partial charge in [-0.2, -0.15) is 5.10 Å². The summed E-state index contributed by atoms with van der Waals surface area (Å²) in [5.74, 6) is 0.485. The second-order valence-electron chi connectivity index (χ2n) is 3.74. The van der Waals surface area contributed by atoms with E-state index >= 15 is 0 Å². The van der Waals surface area contributed by atoms with Gasteiger partial charge in [-0.25, -0.2) is 9.67 Å². The quantitative estimate of drug-likeness (QED) is 0.865. The van der Waals surface area contributed by atoms with Crippen molar-refractivity contribution in [3.63, 3.8) is 0 Å². The molecule has 2 aromatic rings. The minimum absolute atomic E-state index is 0.0538. The second-order valence-corrected chi connectivity index (χ2v) is 3.74. The van der Waals surface area contributed by atoms with Crippen LogP contribution < -0.4 is 0 Å². The molecule has 1 aromatic heterocycles. The first-order valence-electron chi connectivity index (χ1n) is 5.34. The van der Waals surface area contributed by atoms with Crippen LogP contribution in [0.2, 0.25) is 0 Å². The Morgan fingerprint density at radius 1 is 1.35 bits per heavy atom. The molecule has 1 aromatic carbocycles. The zero-order valence-corrected chi connectivity index (χ0v) is 9.50. The van der Waals surface area contributed by atoms with Crippen molar-refractivity contribution in [1.29, 1.82) is 0 Å². The van der Waals surface area contributed by atoms with E-state index in [1.807, 2.05) is 30.3 Å². The number of rotatable bonds is 4. The van der Waals surface area contributed by atoms with Crippen molar-refractivity contribution < 1.29 is 9.90 Å². The SMILES string of the molecule is Cn1nc(CCC(=O)O)nc1-c1ccccc1. The Hall–Kier alpha value is -2.17. The number of carbonyl (C=O) groups is 1. The van der Waals surface area contributed by atoms with Crippen LogP contribution in [0.4, 0.5) is 0 Å². The Bertz CT molecular complexity index is 520. The Morgan fingerprint density at radius 3 is 2.71 bits per heavy atom. The summed E-state index contributed by atoms with van der Waals surface area (Å²) in [7, 11) is 1.81. The van der Waals surface area contributed by atoms with E-state index in [0.29, 0.717) is 12.2 Å². The van der Waals surface area contributed by atoms with Gasteiger partial charge in [0.2, 0.25) is 0 Å². The molecule has 0 radical (unpaired) electrons. The van der Waals surface area contributed by atoms with E-state index in [0.717, 1.165) is 11.4 Å². The standard InChI is InChI=1S/C12H13N3O2/c1-15-12(9-5-3-2-4-6-9)13-10(14-15)7-8-11(16)17/h2-6H,7-8H2,1H3,(H,16,17). The lowest BCUT2D eigenvalue weighted by Crippen LogP contribution is -1.99. The lowest BCUT2D eigenvalue weighted by atomic mass is 10.2. The van der Waals surface area contributed by atoms with Crippen LogP contribution in [0.3, 0.4) is 0 Å². The van der Waals surface area contributed by atoms with Crippen molar-refractivity contribution in [2.24, 2.45) is 7.05 Å². The van der Waals surface area contributed by atoms with E-state index in [-0.39, 0.29) is 6.42 Å². The average Bonchev–Trinajstić information content (AvgIpc) is 2.69. The van der Waals surface area contributed by atoms with Crippen LogP contribution in [0.15, 0.2) is 30.3 Å². The molecule has 0 spiro atoms. The van der Waals surface area contributed by atoms with Crippen LogP contribution in [0.5, 0.6) is 0 Å². The van der Waals surface area contributed by atoms with Crippen LogP contribution >= 0.6 is 0 Å². The molecule has 0 atom stereocenters. The monoisotopic (exact) mass is 231 g/mol. The van der Waals surface area contributed by atoms with E-state index in [4.69, 9.17) is 5.11 Å². The number of aryl methyl sites for hydroxylation is 2. The van der Waals surface area contributed by atoms with Gasteiger partial charge in [0.05, 0.1) is 6.42 Å². The lowest BCUT2D eigenvalue weighted by Gasteiger charge is -1.97. The van der Waals surface area contributed by atoms with Gasteiger partial charge in [-0.3, -0.25) is 4.79 Å². The Labute approximate surface area is 98.7 Å². The molecule has 0 bridgehead atoms. The summed E-state index contributed by atoms with van der Waals surface area (Å²) in [5.41, 5.74) is 0.976. The molecular weight excluding hydrogens is 218 g/mol. The van der Waals surface area contributed by atoms with E-state index < -0.39 is 5.97 Å². The number of aliphatic carboxylic acids is 1. The van der Waals surface area contributed by atoms with Crippen LogP contribution in [-0.4, -0.2) is 25.8 Å². The third-order valence-corrected chi connectivity index (χ3v) is 2.40. The fourth-order valence-corrected chi connectivity index (χ4v) is 1.60. The second kappa shape index (κ2) is 4.78. The van der Waals surface area contributed by atoms with Crippen LogP contribution in [0.25, 0.3) is 11.4 Å². The van der Waals surface area contributed by atoms with Crippen molar-refractivity contribution in [2.75, 3.05) is 0 Å². The van der Waals surface area contributed by atoms with Gasteiger partial charge >= 0.3 is 5.97 Å². The minimum Gasteiger partial charge on any atom is -0.481 e. The van der Waals surface area contributed by atoms with E-state index in [2.05, 4.69) is 10.1 Å². The smallest absolute Gasteiger partial charge is 0.303 e. The molecule has 17 heavy (non-hydrogen) atoms. The van der Waals surface area contributed by atoms with Crippen molar-refractivity contribution in [2.45, 2.75) is 12.8 Å². The molecule has 0 amide bonds. The van der Waals surface area contributed by atoms with Gasteiger partial charge in [0.25, 0.3) is 0 Å². The molecule has 0 aliphatic rings. The molecule has 88 valence electrons. The highest BCUT2D eigenvalue weighted by molar-refractivity contribution is 5.66. The molecule has 0 saturated heterocycles. The Morgan fingerprint density at radius 2 is 2.06 bits per heavy atom. The minimum atomic E-state index is -0.835. The Balaban J connectivity index is 2.22. The maximum absolute atomic E-state index is 10.5. The van der Waals surface area contributed by atoms with Crippen LogP contribution in [0, 0.1) is 0 Å². The summed E-state index contributed by atoms with van der Waals surface area (Å²) < 4.78 is 1.67. The topological polar surface area (TPSA) is 68.0 Å². The summed E-state index contributed by atoms with van der Waals surface area (Å²) >= 11 is 0. The van der Waals surface area contributed by atoms with Crippen LogP contribution in [-0.2, 0) is 18.3 Å². The molecule has 0 fully saturated rings. The fourth-order valence-electron chi connectivity index (χ4n) is 1.60. The van der Waals surface area contributed by atoms with Gasteiger partial charge in [-0.05, 0) is 0 Å². The predicted molar refractivity (Wildman–Crippen MR) is 62.4 cm³/mol. The average molecular weight is 231 g/mol. The largest absolute Gasteiger partial charge is 0.481 e. The number of aromatic nitrogens is 3. The van der Waals surface area contributed by atoms with Crippen LogP contribution in [0.1, 0.15) is 12.2 Å². The van der Waals surface area contributed by atoms with Gasteiger partial charge in [0, 0.05) is 19.0 Å². The molecule has 2 rings (SSSR count). The zero-order valence-electron chi connectivity index (χ0n) is 9.50. The fraction of sp³-hybridized carbons (Fsp3) is 0.250. The molecule has 0 aliphatic carbocycles. The molecule has 5 heteroatoms. The predicted octanol–water partition coefficient (Wildman–Crippen LogP) is 1.50. The number of benzene rings is 1. The third kappa shape index (κ3) is 2.69. The lowest BCUT2D eigenvalue weighted by molar-refractivity contribution is -0.137. The van der Waals surface area contributed by atoms with E-state index in [1.54, 1.807) is 11.7 Å². The Kier molecular flexibility index (Phi) is 3.18. The summed E-state index contributed by atoms with van der Waals surface area (Å²) in [6, 6.07) is 9.70. The summed E-state index contributed by atoms with van der Waals surface area (Å²) in [5, 5.41) is 12.8. The molecule has 0 saturated carbocycles. The highest BCUT2D eigenvalue weighted by Crippen LogP contribution is 2.16. The molecule has 5 nitrogen and oxygen atoms in total. The van der Waals surface area contributed by atoms with Gasteiger partial charge in [0.15, 0.2) is 11.6 Å². The van der Waals surface area contributed by atoms with E-state index in [1.165, 1.54) is 0 Å². The number of hydrogen-bond donors (Lipinski definition) is 1. The normalized spacial score (nSPS) is 10.4. The van der Waals surface area contributed by atoms with Gasteiger partial charge in [-0.1, -0.05) is 30.3 Å². The molecule has 0 unspecified atom stereocenters. The number of nitrogens with zero attached hydrogens (tertiary/aromatic N) is 3. The third-order valence-electron chi connectivity index (χ3n) is 2.40. The van der Waals surface area contributed by atoms with Crippen molar-refractivity contribution in [3.8, 4) is 11.4 Å². The first-order chi connectivity index (χ1) is 8.16.